The van der Waals surface area contributed by atoms with E-state index in [4.69, 9.17) is 4.74 Å². The van der Waals surface area contributed by atoms with E-state index in [0.717, 1.165) is 12.8 Å². The molecule has 2 aromatic carbocycles. The van der Waals surface area contributed by atoms with Crippen molar-refractivity contribution in [3.8, 4) is 5.75 Å². The Kier molecular flexibility index (Phi) is 6.37. The summed E-state index contributed by atoms with van der Waals surface area (Å²) in [5, 5.41) is 5.66. The Labute approximate surface area is 142 Å². The highest BCUT2D eigenvalue weighted by atomic mass is 16.5. The SMILES string of the molecule is CCCCC(=O)Nc1cccc(NC(=O)c2ccccc2OC)c1. The summed E-state index contributed by atoms with van der Waals surface area (Å²) in [6.07, 6.45) is 2.33. The van der Waals surface area contributed by atoms with Crippen LogP contribution in [0.2, 0.25) is 0 Å². The molecule has 24 heavy (non-hydrogen) atoms. The lowest BCUT2D eigenvalue weighted by atomic mass is 10.1. The number of ether oxygens (including phenoxy) is 1. The number of benzene rings is 2. The molecule has 0 aliphatic heterocycles. The van der Waals surface area contributed by atoms with Crippen molar-refractivity contribution in [2.75, 3.05) is 17.7 Å². The van der Waals surface area contributed by atoms with Crippen LogP contribution in [0.5, 0.6) is 5.75 Å². The molecule has 2 aromatic rings. The number of para-hydroxylation sites is 1. The summed E-state index contributed by atoms with van der Waals surface area (Å²) in [6, 6.07) is 14.1. The summed E-state index contributed by atoms with van der Waals surface area (Å²) in [5.74, 6) is 0.228. The Morgan fingerprint density at radius 3 is 2.42 bits per heavy atom. The zero-order valence-corrected chi connectivity index (χ0v) is 14.0. The first-order valence-corrected chi connectivity index (χ1v) is 7.98. The number of carbonyl (C=O) groups is 2. The fourth-order valence-electron chi connectivity index (χ4n) is 2.27. The molecule has 5 heteroatoms. The van der Waals surface area contributed by atoms with Gasteiger partial charge < -0.3 is 15.4 Å². The lowest BCUT2D eigenvalue weighted by Gasteiger charge is -2.11. The van der Waals surface area contributed by atoms with Gasteiger partial charge in [-0.25, -0.2) is 0 Å². The topological polar surface area (TPSA) is 67.4 Å². The molecule has 0 spiro atoms. The van der Waals surface area contributed by atoms with E-state index < -0.39 is 0 Å². The predicted molar refractivity (Wildman–Crippen MR) is 95.5 cm³/mol. The Morgan fingerprint density at radius 1 is 1.00 bits per heavy atom. The molecule has 0 radical (unpaired) electrons. The predicted octanol–water partition coefficient (Wildman–Crippen LogP) is 4.08. The molecule has 126 valence electrons. The first-order valence-electron chi connectivity index (χ1n) is 7.98. The maximum atomic E-state index is 12.4. The van der Waals surface area contributed by atoms with Crippen LogP contribution in [0.15, 0.2) is 48.5 Å². The van der Waals surface area contributed by atoms with Crippen molar-refractivity contribution in [1.82, 2.24) is 0 Å². The smallest absolute Gasteiger partial charge is 0.259 e. The second-order valence-electron chi connectivity index (χ2n) is 5.39. The molecule has 2 N–H and O–H groups in total. The van der Waals surface area contributed by atoms with Crippen LogP contribution in [0.4, 0.5) is 11.4 Å². The van der Waals surface area contributed by atoms with Crippen molar-refractivity contribution >= 4 is 23.2 Å². The molecule has 0 saturated heterocycles. The Bertz CT molecular complexity index is 713. The molecule has 0 fully saturated rings. The number of anilines is 2. The van der Waals surface area contributed by atoms with Crippen LogP contribution >= 0.6 is 0 Å². The van der Waals surface area contributed by atoms with E-state index in [9.17, 15) is 9.59 Å². The number of unbranched alkanes of at least 4 members (excludes halogenated alkanes) is 1. The molecule has 5 nitrogen and oxygen atoms in total. The molecule has 0 heterocycles. The van der Waals surface area contributed by atoms with Crippen LogP contribution in [0.25, 0.3) is 0 Å². The quantitative estimate of drug-likeness (QED) is 0.806. The van der Waals surface area contributed by atoms with Crippen LogP contribution < -0.4 is 15.4 Å². The zero-order chi connectivity index (χ0) is 17.4. The van der Waals surface area contributed by atoms with Gasteiger partial charge >= 0.3 is 0 Å². The Morgan fingerprint density at radius 2 is 1.71 bits per heavy atom. The summed E-state index contributed by atoms with van der Waals surface area (Å²) in [5.41, 5.74) is 1.73. The van der Waals surface area contributed by atoms with Gasteiger partial charge in [-0.1, -0.05) is 31.5 Å². The van der Waals surface area contributed by atoms with E-state index in [2.05, 4.69) is 10.6 Å². The van der Waals surface area contributed by atoms with Crippen LogP contribution in [-0.2, 0) is 4.79 Å². The average Bonchev–Trinajstić information content (AvgIpc) is 2.60. The van der Waals surface area contributed by atoms with Gasteiger partial charge in [-0.15, -0.1) is 0 Å². The fraction of sp³-hybridized carbons (Fsp3) is 0.263. The summed E-state index contributed by atoms with van der Waals surface area (Å²) >= 11 is 0. The standard InChI is InChI=1S/C19H22N2O3/c1-3-4-12-18(22)20-14-8-7-9-15(13-14)21-19(23)16-10-5-6-11-17(16)24-2/h5-11,13H,3-4,12H2,1-2H3,(H,20,22)(H,21,23). The first kappa shape index (κ1) is 17.5. The number of hydrogen-bond donors (Lipinski definition) is 2. The van der Waals surface area contributed by atoms with Crippen LogP contribution in [0.1, 0.15) is 36.5 Å². The van der Waals surface area contributed by atoms with Gasteiger partial charge in [0.25, 0.3) is 5.91 Å². The second kappa shape index (κ2) is 8.72. The highest BCUT2D eigenvalue weighted by Crippen LogP contribution is 2.21. The average molecular weight is 326 g/mol. The molecule has 0 saturated carbocycles. The van der Waals surface area contributed by atoms with Gasteiger partial charge in [-0.05, 0) is 36.8 Å². The van der Waals surface area contributed by atoms with Gasteiger partial charge in [-0.3, -0.25) is 9.59 Å². The van der Waals surface area contributed by atoms with Crippen molar-refractivity contribution in [1.29, 1.82) is 0 Å². The molecule has 0 bridgehead atoms. The van der Waals surface area contributed by atoms with Crippen molar-refractivity contribution in [3.05, 3.63) is 54.1 Å². The summed E-state index contributed by atoms with van der Waals surface area (Å²) in [7, 11) is 1.53. The molecule has 0 unspecified atom stereocenters. The van der Waals surface area contributed by atoms with Crippen LogP contribution in [-0.4, -0.2) is 18.9 Å². The van der Waals surface area contributed by atoms with E-state index in [1.807, 2.05) is 13.0 Å². The van der Waals surface area contributed by atoms with E-state index >= 15 is 0 Å². The van der Waals surface area contributed by atoms with Gasteiger partial charge in [-0.2, -0.15) is 0 Å². The number of hydrogen-bond acceptors (Lipinski definition) is 3. The minimum Gasteiger partial charge on any atom is -0.496 e. The van der Waals surface area contributed by atoms with Gasteiger partial charge in [0.05, 0.1) is 12.7 Å². The van der Waals surface area contributed by atoms with E-state index in [1.165, 1.54) is 7.11 Å². The van der Waals surface area contributed by atoms with Crippen LogP contribution in [0, 0.1) is 0 Å². The molecular formula is C19H22N2O3. The minimum absolute atomic E-state index is 0.0231. The molecule has 0 aliphatic rings. The molecule has 0 atom stereocenters. The van der Waals surface area contributed by atoms with Gasteiger partial charge in [0, 0.05) is 17.8 Å². The Balaban J connectivity index is 2.06. The van der Waals surface area contributed by atoms with Gasteiger partial charge in [0.2, 0.25) is 5.91 Å². The monoisotopic (exact) mass is 326 g/mol. The highest BCUT2D eigenvalue weighted by molar-refractivity contribution is 6.06. The highest BCUT2D eigenvalue weighted by Gasteiger charge is 2.12. The minimum atomic E-state index is -0.262. The molecule has 2 amide bonds. The molecular weight excluding hydrogens is 304 g/mol. The van der Waals surface area contributed by atoms with E-state index in [0.29, 0.717) is 29.1 Å². The molecule has 2 rings (SSSR count). The molecule has 0 aliphatic carbocycles. The van der Waals surface area contributed by atoms with Gasteiger partial charge in [0.15, 0.2) is 0 Å². The number of methoxy groups -OCH3 is 1. The maximum absolute atomic E-state index is 12.4. The third kappa shape index (κ3) is 4.84. The van der Waals surface area contributed by atoms with E-state index in [1.54, 1.807) is 42.5 Å². The normalized spacial score (nSPS) is 10.1. The number of rotatable bonds is 7. The Hall–Kier alpha value is -2.82. The lowest BCUT2D eigenvalue weighted by Crippen LogP contribution is -2.14. The number of carbonyl (C=O) groups excluding carboxylic acids is 2. The fourth-order valence-corrected chi connectivity index (χ4v) is 2.27. The number of nitrogens with one attached hydrogen (secondary N) is 2. The first-order chi connectivity index (χ1) is 11.6. The second-order valence-corrected chi connectivity index (χ2v) is 5.39. The summed E-state index contributed by atoms with van der Waals surface area (Å²) in [4.78, 5) is 24.2. The van der Waals surface area contributed by atoms with Crippen molar-refractivity contribution in [2.45, 2.75) is 26.2 Å². The van der Waals surface area contributed by atoms with Crippen molar-refractivity contribution < 1.29 is 14.3 Å². The van der Waals surface area contributed by atoms with Crippen LogP contribution in [0.3, 0.4) is 0 Å². The largest absolute Gasteiger partial charge is 0.496 e. The van der Waals surface area contributed by atoms with Gasteiger partial charge in [0.1, 0.15) is 5.75 Å². The maximum Gasteiger partial charge on any atom is 0.259 e. The summed E-state index contributed by atoms with van der Waals surface area (Å²) in [6.45, 7) is 2.04. The third-order valence-corrected chi connectivity index (χ3v) is 3.51. The summed E-state index contributed by atoms with van der Waals surface area (Å²) < 4.78 is 5.20. The molecule has 0 aromatic heterocycles. The lowest BCUT2D eigenvalue weighted by molar-refractivity contribution is -0.116. The van der Waals surface area contributed by atoms with Crippen molar-refractivity contribution in [3.63, 3.8) is 0 Å². The van der Waals surface area contributed by atoms with Crippen molar-refractivity contribution in [2.24, 2.45) is 0 Å². The third-order valence-electron chi connectivity index (χ3n) is 3.51. The zero-order valence-electron chi connectivity index (χ0n) is 14.0. The van der Waals surface area contributed by atoms with E-state index in [-0.39, 0.29) is 11.8 Å². The number of amides is 2.